The number of ether oxygens (including phenoxy) is 2. The van der Waals surface area contributed by atoms with Crippen molar-refractivity contribution in [1.29, 1.82) is 0 Å². The van der Waals surface area contributed by atoms with Crippen LogP contribution in [0.15, 0.2) is 59.7 Å². The highest BCUT2D eigenvalue weighted by molar-refractivity contribution is 5.80. The number of hydrogen-bond donors (Lipinski definition) is 2. The van der Waals surface area contributed by atoms with E-state index in [9.17, 15) is 4.79 Å². The van der Waals surface area contributed by atoms with Gasteiger partial charge in [0.2, 0.25) is 5.95 Å². The van der Waals surface area contributed by atoms with Gasteiger partial charge in [0.15, 0.2) is 11.5 Å². The van der Waals surface area contributed by atoms with Crippen LogP contribution in [-0.4, -0.2) is 38.1 Å². The molecule has 0 radical (unpaired) electrons. The molecule has 0 spiro atoms. The Labute approximate surface area is 176 Å². The monoisotopic (exact) mass is 416 g/mol. The molecule has 0 bridgehead atoms. The van der Waals surface area contributed by atoms with Gasteiger partial charge in [-0.1, -0.05) is 0 Å². The minimum absolute atomic E-state index is 0.155. The topological polar surface area (TPSA) is 98.5 Å². The second kappa shape index (κ2) is 7.21. The van der Waals surface area contributed by atoms with Crippen LogP contribution in [0.25, 0.3) is 27.9 Å². The van der Waals surface area contributed by atoms with Crippen molar-refractivity contribution in [2.24, 2.45) is 7.05 Å². The van der Waals surface area contributed by atoms with Crippen molar-refractivity contribution in [3.8, 4) is 22.8 Å². The van der Waals surface area contributed by atoms with Gasteiger partial charge < -0.3 is 19.8 Å². The quantitative estimate of drug-likeness (QED) is 0.456. The zero-order chi connectivity index (χ0) is 21.5. The van der Waals surface area contributed by atoms with Gasteiger partial charge in [-0.25, -0.2) is 14.8 Å². The number of aromatic nitrogens is 5. The molecule has 5 aromatic rings. The summed E-state index contributed by atoms with van der Waals surface area (Å²) in [7, 11) is 4.94. The molecule has 0 saturated heterocycles. The van der Waals surface area contributed by atoms with Crippen molar-refractivity contribution in [2.75, 3.05) is 19.5 Å². The van der Waals surface area contributed by atoms with Gasteiger partial charge in [0.05, 0.1) is 30.9 Å². The van der Waals surface area contributed by atoms with Crippen LogP contribution in [0.5, 0.6) is 11.5 Å². The van der Waals surface area contributed by atoms with Crippen LogP contribution in [0.4, 0.5) is 11.6 Å². The molecule has 0 aliphatic carbocycles. The average Bonchev–Trinajstić information content (AvgIpc) is 3.37. The number of methoxy groups -OCH3 is 2. The SMILES string of the molecule is COc1ccc(-c2cc3nccn3c(Nc3ccc4c(c3)[nH]c(=O)n4C)n2)cc1OC. The lowest BCUT2D eigenvalue weighted by molar-refractivity contribution is 0.355. The molecule has 3 aromatic heterocycles. The maximum atomic E-state index is 11.9. The highest BCUT2D eigenvalue weighted by Crippen LogP contribution is 2.32. The van der Waals surface area contributed by atoms with Gasteiger partial charge in [-0.05, 0) is 36.4 Å². The Balaban J connectivity index is 1.59. The fraction of sp³-hybridized carbons (Fsp3) is 0.136. The van der Waals surface area contributed by atoms with E-state index in [0.717, 1.165) is 33.6 Å². The molecule has 0 aliphatic heterocycles. The number of anilines is 2. The lowest BCUT2D eigenvalue weighted by Gasteiger charge is -2.12. The Morgan fingerprint density at radius 1 is 1.03 bits per heavy atom. The molecule has 2 N–H and O–H groups in total. The Kier molecular flexibility index (Phi) is 4.36. The minimum Gasteiger partial charge on any atom is -0.493 e. The zero-order valence-corrected chi connectivity index (χ0v) is 17.2. The molecule has 5 rings (SSSR count). The van der Waals surface area contributed by atoms with Crippen LogP contribution < -0.4 is 20.5 Å². The number of aryl methyl sites for hydroxylation is 1. The summed E-state index contributed by atoms with van der Waals surface area (Å²) in [5.41, 5.74) is 4.56. The Hall–Kier alpha value is -4.27. The van der Waals surface area contributed by atoms with E-state index in [1.54, 1.807) is 32.0 Å². The van der Waals surface area contributed by atoms with E-state index >= 15 is 0 Å². The van der Waals surface area contributed by atoms with Crippen molar-refractivity contribution in [3.63, 3.8) is 0 Å². The molecule has 3 heterocycles. The number of hydrogen-bond acceptors (Lipinski definition) is 6. The Morgan fingerprint density at radius 2 is 1.87 bits per heavy atom. The van der Waals surface area contributed by atoms with Gasteiger partial charge in [0.1, 0.15) is 5.65 Å². The summed E-state index contributed by atoms with van der Waals surface area (Å²) in [5.74, 6) is 1.87. The van der Waals surface area contributed by atoms with Crippen LogP contribution >= 0.6 is 0 Å². The van der Waals surface area contributed by atoms with Crippen LogP contribution in [0.1, 0.15) is 0 Å². The summed E-state index contributed by atoms with van der Waals surface area (Å²) in [6, 6.07) is 13.2. The van der Waals surface area contributed by atoms with Crippen molar-refractivity contribution >= 4 is 28.3 Å². The molecule has 2 aromatic carbocycles. The van der Waals surface area contributed by atoms with E-state index in [-0.39, 0.29) is 5.69 Å². The predicted molar refractivity (Wildman–Crippen MR) is 118 cm³/mol. The van der Waals surface area contributed by atoms with E-state index in [4.69, 9.17) is 14.5 Å². The fourth-order valence-electron chi connectivity index (χ4n) is 3.60. The minimum atomic E-state index is -0.155. The molecular formula is C22H20N6O3. The van der Waals surface area contributed by atoms with Gasteiger partial charge in [-0.3, -0.25) is 8.97 Å². The van der Waals surface area contributed by atoms with Gasteiger partial charge in [-0.15, -0.1) is 0 Å². The molecule has 0 fully saturated rings. The fourth-order valence-corrected chi connectivity index (χ4v) is 3.60. The molecule has 0 unspecified atom stereocenters. The molecule has 0 aliphatic rings. The Morgan fingerprint density at radius 3 is 2.68 bits per heavy atom. The van der Waals surface area contributed by atoms with E-state index in [2.05, 4.69) is 15.3 Å². The third kappa shape index (κ3) is 3.16. The average molecular weight is 416 g/mol. The maximum absolute atomic E-state index is 11.9. The number of nitrogens with one attached hydrogen (secondary N) is 2. The smallest absolute Gasteiger partial charge is 0.326 e. The first-order valence-corrected chi connectivity index (χ1v) is 9.59. The van der Waals surface area contributed by atoms with Crippen LogP contribution in [0, 0.1) is 0 Å². The lowest BCUT2D eigenvalue weighted by Crippen LogP contribution is -2.11. The lowest BCUT2D eigenvalue weighted by atomic mass is 10.1. The summed E-state index contributed by atoms with van der Waals surface area (Å²) < 4.78 is 14.2. The number of nitrogens with zero attached hydrogens (tertiary/aromatic N) is 4. The summed E-state index contributed by atoms with van der Waals surface area (Å²) in [6.07, 6.45) is 3.56. The number of fused-ring (bicyclic) bond motifs is 2. The number of rotatable bonds is 5. The molecule has 9 heteroatoms. The third-order valence-electron chi connectivity index (χ3n) is 5.23. The standard InChI is InChI=1S/C22H20N6O3/c1-27-17-6-5-14(11-16(17)26-22(27)29)24-21-25-15(12-20-23-8-9-28(20)21)13-4-7-18(30-2)19(10-13)31-3/h4-12H,1-3H3,(H,24,25)(H,26,29). The molecule has 9 nitrogen and oxygen atoms in total. The summed E-state index contributed by atoms with van der Waals surface area (Å²) in [5, 5.41) is 3.34. The van der Waals surface area contributed by atoms with Crippen molar-refractivity contribution in [3.05, 3.63) is 65.3 Å². The number of benzene rings is 2. The van der Waals surface area contributed by atoms with E-state index in [0.29, 0.717) is 17.4 Å². The molecular weight excluding hydrogens is 396 g/mol. The largest absolute Gasteiger partial charge is 0.493 e. The van der Waals surface area contributed by atoms with Crippen LogP contribution in [0.2, 0.25) is 0 Å². The van der Waals surface area contributed by atoms with Gasteiger partial charge >= 0.3 is 5.69 Å². The van der Waals surface area contributed by atoms with E-state index in [1.165, 1.54) is 0 Å². The predicted octanol–water partition coefficient (Wildman–Crippen LogP) is 3.34. The highest BCUT2D eigenvalue weighted by atomic mass is 16.5. The number of imidazole rings is 2. The molecule has 31 heavy (non-hydrogen) atoms. The van der Waals surface area contributed by atoms with E-state index in [1.807, 2.05) is 53.1 Å². The summed E-state index contributed by atoms with van der Waals surface area (Å²) in [6.45, 7) is 0. The second-order valence-electron chi connectivity index (χ2n) is 7.04. The number of aromatic amines is 1. The van der Waals surface area contributed by atoms with Gasteiger partial charge in [0, 0.05) is 36.8 Å². The molecule has 156 valence electrons. The maximum Gasteiger partial charge on any atom is 0.326 e. The third-order valence-corrected chi connectivity index (χ3v) is 5.23. The van der Waals surface area contributed by atoms with Gasteiger partial charge in [-0.2, -0.15) is 0 Å². The first-order valence-electron chi connectivity index (χ1n) is 9.59. The first kappa shape index (κ1) is 18.7. The molecule has 0 amide bonds. The van der Waals surface area contributed by atoms with Crippen molar-refractivity contribution < 1.29 is 9.47 Å². The van der Waals surface area contributed by atoms with E-state index < -0.39 is 0 Å². The van der Waals surface area contributed by atoms with Crippen molar-refractivity contribution in [1.82, 2.24) is 23.9 Å². The van der Waals surface area contributed by atoms with Crippen LogP contribution in [-0.2, 0) is 7.05 Å². The normalized spacial score (nSPS) is 11.2. The van der Waals surface area contributed by atoms with Crippen LogP contribution in [0.3, 0.4) is 0 Å². The summed E-state index contributed by atoms with van der Waals surface area (Å²) >= 11 is 0. The second-order valence-corrected chi connectivity index (χ2v) is 7.04. The molecule has 0 atom stereocenters. The summed E-state index contributed by atoms with van der Waals surface area (Å²) in [4.78, 5) is 24.0. The van der Waals surface area contributed by atoms with Gasteiger partial charge in [0.25, 0.3) is 0 Å². The first-order chi connectivity index (χ1) is 15.1. The van der Waals surface area contributed by atoms with Crippen molar-refractivity contribution in [2.45, 2.75) is 0 Å². The number of H-pyrrole nitrogens is 1. The highest BCUT2D eigenvalue weighted by Gasteiger charge is 2.12. The Bertz CT molecular complexity index is 1480. The molecule has 0 saturated carbocycles. The zero-order valence-electron chi connectivity index (χ0n) is 17.2.